The highest BCUT2D eigenvalue weighted by Crippen LogP contribution is 2.34. The molecule has 80 valence electrons. The smallest absolute Gasteiger partial charge is 0.325 e. The van der Waals surface area contributed by atoms with Crippen molar-refractivity contribution in [1.82, 2.24) is 5.32 Å². The zero-order valence-electron chi connectivity index (χ0n) is 7.87. The van der Waals surface area contributed by atoms with Gasteiger partial charge in [0.2, 0.25) is 0 Å². The SMILES string of the molecule is O=C(O)C1NCCOc2c(Br)cccc21. The summed E-state index contributed by atoms with van der Waals surface area (Å²) in [5.41, 5.74) is 0.661. The van der Waals surface area contributed by atoms with Gasteiger partial charge in [-0.3, -0.25) is 10.1 Å². The summed E-state index contributed by atoms with van der Waals surface area (Å²) in [7, 11) is 0. The van der Waals surface area contributed by atoms with Crippen LogP contribution in [0.3, 0.4) is 0 Å². The van der Waals surface area contributed by atoms with Crippen LogP contribution in [-0.4, -0.2) is 24.2 Å². The molecule has 1 atom stereocenters. The largest absolute Gasteiger partial charge is 0.491 e. The maximum atomic E-state index is 11.0. The van der Waals surface area contributed by atoms with Gasteiger partial charge in [-0.05, 0) is 22.0 Å². The number of nitrogens with one attached hydrogen (secondary N) is 1. The number of hydrogen-bond donors (Lipinski definition) is 2. The number of fused-ring (bicyclic) bond motifs is 1. The van der Waals surface area contributed by atoms with Crippen LogP contribution in [-0.2, 0) is 4.79 Å². The molecule has 0 bridgehead atoms. The molecule has 1 unspecified atom stereocenters. The number of carboxylic acid groups (broad SMARTS) is 1. The number of carboxylic acids is 1. The molecule has 0 aromatic heterocycles. The fourth-order valence-electron chi connectivity index (χ4n) is 1.59. The minimum Gasteiger partial charge on any atom is -0.491 e. The van der Waals surface area contributed by atoms with Crippen LogP contribution in [0.1, 0.15) is 11.6 Å². The van der Waals surface area contributed by atoms with Crippen LogP contribution in [0.4, 0.5) is 0 Å². The van der Waals surface area contributed by atoms with Gasteiger partial charge in [-0.25, -0.2) is 0 Å². The first kappa shape index (κ1) is 10.4. The summed E-state index contributed by atoms with van der Waals surface area (Å²) >= 11 is 3.35. The minimum atomic E-state index is -0.889. The summed E-state index contributed by atoms with van der Waals surface area (Å²) in [5, 5.41) is 12.0. The number of carbonyl (C=O) groups is 1. The number of benzene rings is 1. The summed E-state index contributed by atoms with van der Waals surface area (Å²) in [5.74, 6) is -0.269. The fourth-order valence-corrected chi connectivity index (χ4v) is 2.09. The van der Waals surface area contributed by atoms with Gasteiger partial charge in [0.25, 0.3) is 0 Å². The van der Waals surface area contributed by atoms with Gasteiger partial charge in [0.05, 0.1) is 4.47 Å². The van der Waals surface area contributed by atoms with Gasteiger partial charge in [-0.15, -0.1) is 0 Å². The first-order valence-electron chi connectivity index (χ1n) is 4.57. The van der Waals surface area contributed by atoms with E-state index < -0.39 is 12.0 Å². The summed E-state index contributed by atoms with van der Waals surface area (Å²) in [6, 6.07) is 4.70. The standard InChI is InChI=1S/C10H10BrNO3/c11-7-3-1-2-6-8(10(13)14)12-4-5-15-9(6)7/h1-3,8,12H,4-5H2,(H,13,14). The van der Waals surface area contributed by atoms with E-state index in [-0.39, 0.29) is 0 Å². The monoisotopic (exact) mass is 271 g/mol. The molecule has 1 aliphatic heterocycles. The van der Waals surface area contributed by atoms with Crippen molar-refractivity contribution in [2.45, 2.75) is 6.04 Å². The van der Waals surface area contributed by atoms with Gasteiger partial charge >= 0.3 is 5.97 Å². The molecule has 0 aliphatic carbocycles. The molecule has 0 radical (unpaired) electrons. The molecule has 1 aromatic rings. The van der Waals surface area contributed by atoms with E-state index in [9.17, 15) is 4.79 Å². The van der Waals surface area contributed by atoms with Crippen molar-refractivity contribution in [3.63, 3.8) is 0 Å². The molecule has 15 heavy (non-hydrogen) atoms. The number of aliphatic carboxylic acids is 1. The summed E-state index contributed by atoms with van der Waals surface area (Å²) in [6.45, 7) is 0.998. The second-order valence-electron chi connectivity index (χ2n) is 3.23. The normalized spacial score (nSPS) is 19.9. The van der Waals surface area contributed by atoms with Gasteiger partial charge < -0.3 is 9.84 Å². The van der Waals surface area contributed by atoms with Crippen LogP contribution in [0.25, 0.3) is 0 Å². The van der Waals surface area contributed by atoms with Gasteiger partial charge in [-0.2, -0.15) is 0 Å². The van der Waals surface area contributed by atoms with E-state index in [1.807, 2.05) is 6.07 Å². The van der Waals surface area contributed by atoms with Crippen LogP contribution in [0.2, 0.25) is 0 Å². The van der Waals surface area contributed by atoms with Crippen LogP contribution >= 0.6 is 15.9 Å². The second-order valence-corrected chi connectivity index (χ2v) is 4.09. The number of rotatable bonds is 1. The highest BCUT2D eigenvalue weighted by Gasteiger charge is 2.26. The first-order valence-corrected chi connectivity index (χ1v) is 5.37. The number of hydrogen-bond acceptors (Lipinski definition) is 3. The number of ether oxygens (including phenoxy) is 1. The number of halogens is 1. The van der Waals surface area contributed by atoms with Gasteiger partial charge in [-0.1, -0.05) is 12.1 Å². The molecule has 2 rings (SSSR count). The molecule has 0 amide bonds. The quantitative estimate of drug-likeness (QED) is 0.814. The lowest BCUT2D eigenvalue weighted by atomic mass is 10.1. The van der Waals surface area contributed by atoms with Crippen molar-refractivity contribution in [2.24, 2.45) is 0 Å². The Morgan fingerprint density at radius 1 is 1.60 bits per heavy atom. The van der Waals surface area contributed by atoms with E-state index in [1.165, 1.54) is 0 Å². The lowest BCUT2D eigenvalue weighted by Gasteiger charge is -2.13. The Bertz CT molecular complexity index is 394. The Morgan fingerprint density at radius 2 is 2.40 bits per heavy atom. The molecule has 1 heterocycles. The molecule has 1 aromatic carbocycles. The van der Waals surface area contributed by atoms with Crippen LogP contribution in [0.5, 0.6) is 5.75 Å². The first-order chi connectivity index (χ1) is 7.20. The van der Waals surface area contributed by atoms with Gasteiger partial charge in [0.1, 0.15) is 18.4 Å². The predicted molar refractivity (Wildman–Crippen MR) is 58.0 cm³/mol. The molecule has 1 aliphatic rings. The zero-order valence-corrected chi connectivity index (χ0v) is 9.45. The van der Waals surface area contributed by atoms with Crippen molar-refractivity contribution >= 4 is 21.9 Å². The van der Waals surface area contributed by atoms with Crippen molar-refractivity contribution in [2.75, 3.05) is 13.2 Å². The van der Waals surface area contributed by atoms with Crippen molar-refractivity contribution in [3.05, 3.63) is 28.2 Å². The highest BCUT2D eigenvalue weighted by atomic mass is 79.9. The van der Waals surface area contributed by atoms with Crippen molar-refractivity contribution in [1.29, 1.82) is 0 Å². The summed E-state index contributed by atoms with van der Waals surface area (Å²) in [4.78, 5) is 11.0. The highest BCUT2D eigenvalue weighted by molar-refractivity contribution is 9.10. The Hall–Kier alpha value is -1.07. The molecule has 0 saturated heterocycles. The minimum absolute atomic E-state index is 0.472. The van der Waals surface area contributed by atoms with Crippen molar-refractivity contribution in [3.8, 4) is 5.75 Å². The van der Waals surface area contributed by atoms with Gasteiger partial charge in [0.15, 0.2) is 0 Å². The lowest BCUT2D eigenvalue weighted by Crippen LogP contribution is -2.29. The van der Waals surface area contributed by atoms with E-state index >= 15 is 0 Å². The average molecular weight is 272 g/mol. The molecular weight excluding hydrogens is 262 g/mol. The van der Waals surface area contributed by atoms with Crippen LogP contribution < -0.4 is 10.1 Å². The van der Waals surface area contributed by atoms with E-state index in [2.05, 4.69) is 21.2 Å². The Morgan fingerprint density at radius 3 is 3.13 bits per heavy atom. The number of para-hydroxylation sites is 1. The summed E-state index contributed by atoms with van der Waals surface area (Å²) < 4.78 is 6.27. The van der Waals surface area contributed by atoms with Gasteiger partial charge in [0, 0.05) is 12.1 Å². The molecule has 0 saturated carbocycles. The topological polar surface area (TPSA) is 58.6 Å². The third-order valence-electron chi connectivity index (χ3n) is 2.25. The Balaban J connectivity index is 2.49. The van der Waals surface area contributed by atoms with E-state index in [0.717, 1.165) is 4.47 Å². The zero-order chi connectivity index (χ0) is 10.8. The predicted octanol–water partition coefficient (Wildman–Crippen LogP) is 1.56. The van der Waals surface area contributed by atoms with Crippen LogP contribution in [0.15, 0.2) is 22.7 Å². The molecule has 0 spiro atoms. The maximum Gasteiger partial charge on any atom is 0.325 e. The second kappa shape index (κ2) is 4.20. The lowest BCUT2D eigenvalue weighted by molar-refractivity contribution is -0.139. The van der Waals surface area contributed by atoms with Crippen molar-refractivity contribution < 1.29 is 14.6 Å². The Kier molecular flexibility index (Phi) is 2.93. The third kappa shape index (κ3) is 1.98. The van der Waals surface area contributed by atoms with E-state index in [1.54, 1.807) is 12.1 Å². The molecule has 2 N–H and O–H groups in total. The Labute approximate surface area is 95.4 Å². The molecule has 4 nitrogen and oxygen atoms in total. The van der Waals surface area contributed by atoms with Crippen LogP contribution in [0, 0.1) is 0 Å². The molecular formula is C10H10BrNO3. The fraction of sp³-hybridized carbons (Fsp3) is 0.300. The van der Waals surface area contributed by atoms with E-state index in [4.69, 9.17) is 9.84 Å². The molecule has 5 heteroatoms. The average Bonchev–Trinajstić information content (AvgIpc) is 2.40. The summed E-state index contributed by atoms with van der Waals surface area (Å²) in [6.07, 6.45) is 0. The third-order valence-corrected chi connectivity index (χ3v) is 2.88. The van der Waals surface area contributed by atoms with E-state index in [0.29, 0.717) is 24.5 Å². The maximum absolute atomic E-state index is 11.0. The molecule has 0 fully saturated rings.